The fourth-order valence-electron chi connectivity index (χ4n) is 1.91. The first-order valence-corrected chi connectivity index (χ1v) is 7.57. The van der Waals surface area contributed by atoms with Gasteiger partial charge in [-0.25, -0.2) is 4.79 Å². The van der Waals surface area contributed by atoms with Crippen LogP contribution < -0.4 is 10.6 Å². The topological polar surface area (TPSA) is 78.4 Å². The zero-order valence-electron chi connectivity index (χ0n) is 14.5. The molecule has 0 fully saturated rings. The van der Waals surface area contributed by atoms with Gasteiger partial charge < -0.3 is 15.7 Å². The summed E-state index contributed by atoms with van der Waals surface area (Å²) in [5.74, 6) is -0.559. The van der Waals surface area contributed by atoms with Crippen LogP contribution in [0.1, 0.15) is 61.3 Å². The highest BCUT2D eigenvalue weighted by Crippen LogP contribution is 2.24. The summed E-state index contributed by atoms with van der Waals surface area (Å²) < 4.78 is 0. The predicted molar refractivity (Wildman–Crippen MR) is 85.3 cm³/mol. The van der Waals surface area contributed by atoms with E-state index in [1.54, 1.807) is 0 Å². The van der Waals surface area contributed by atoms with Gasteiger partial charge in [-0.05, 0) is 23.2 Å². The Morgan fingerprint density at radius 2 is 1.62 bits per heavy atom. The number of carboxylic acid groups (broad SMARTS) is 1. The van der Waals surface area contributed by atoms with E-state index in [0.29, 0.717) is 18.9 Å². The lowest BCUT2D eigenvalue weighted by atomic mass is 9.82. The Hall–Kier alpha value is -1.26. The van der Waals surface area contributed by atoms with E-state index in [4.69, 9.17) is 5.11 Å². The number of hydrogen-bond donors (Lipinski definition) is 3. The number of rotatable bonds is 6. The molecule has 0 bridgehead atoms. The molecule has 3 N–H and O–H groups in total. The molecule has 0 aromatic heterocycles. The van der Waals surface area contributed by atoms with Crippen LogP contribution in [-0.2, 0) is 4.79 Å². The number of amides is 2. The van der Waals surface area contributed by atoms with E-state index < -0.39 is 5.97 Å². The second-order valence-corrected chi connectivity index (χ2v) is 8.18. The largest absolute Gasteiger partial charge is 0.481 e. The smallest absolute Gasteiger partial charge is 0.315 e. The maximum absolute atomic E-state index is 11.9. The number of aliphatic carboxylic acids is 1. The van der Waals surface area contributed by atoms with E-state index in [1.165, 1.54) is 0 Å². The van der Waals surface area contributed by atoms with Crippen molar-refractivity contribution in [2.45, 2.75) is 67.3 Å². The molecule has 0 spiro atoms. The molecule has 0 radical (unpaired) electrons. The third-order valence-electron chi connectivity index (χ3n) is 3.66. The lowest BCUT2D eigenvalue weighted by molar-refractivity contribution is -0.137. The van der Waals surface area contributed by atoms with Crippen molar-refractivity contribution in [2.24, 2.45) is 16.7 Å². The predicted octanol–water partition coefficient (Wildman–Crippen LogP) is 3.25. The van der Waals surface area contributed by atoms with Gasteiger partial charge >= 0.3 is 12.0 Å². The van der Waals surface area contributed by atoms with Crippen LogP contribution >= 0.6 is 0 Å². The van der Waals surface area contributed by atoms with Crippen molar-refractivity contribution in [3.63, 3.8) is 0 Å². The fourth-order valence-corrected chi connectivity index (χ4v) is 1.91. The van der Waals surface area contributed by atoms with Crippen LogP contribution in [0.2, 0.25) is 0 Å². The van der Waals surface area contributed by atoms with Crippen molar-refractivity contribution in [2.75, 3.05) is 6.54 Å². The first-order valence-electron chi connectivity index (χ1n) is 7.57. The molecule has 0 rings (SSSR count). The summed E-state index contributed by atoms with van der Waals surface area (Å²) in [6.45, 7) is 15.1. The monoisotopic (exact) mass is 300 g/mol. The molecule has 21 heavy (non-hydrogen) atoms. The summed E-state index contributed by atoms with van der Waals surface area (Å²) in [7, 11) is 0. The van der Waals surface area contributed by atoms with Gasteiger partial charge in [0.15, 0.2) is 0 Å². The molecule has 0 saturated carbocycles. The number of urea groups is 1. The SMILES string of the molecule is CC(CNC(=O)NC(CC(=O)O)CC(C)(C)C)C(C)(C)C. The van der Waals surface area contributed by atoms with Crippen molar-refractivity contribution < 1.29 is 14.7 Å². The highest BCUT2D eigenvalue weighted by atomic mass is 16.4. The third-order valence-corrected chi connectivity index (χ3v) is 3.66. The van der Waals surface area contributed by atoms with Crippen molar-refractivity contribution in [3.8, 4) is 0 Å². The summed E-state index contributed by atoms with van der Waals surface area (Å²) in [4.78, 5) is 22.8. The number of carbonyl (C=O) groups is 2. The molecule has 2 atom stereocenters. The van der Waals surface area contributed by atoms with Crippen LogP contribution in [0.25, 0.3) is 0 Å². The maximum Gasteiger partial charge on any atom is 0.315 e. The minimum atomic E-state index is -0.896. The Balaban J connectivity index is 4.43. The number of carboxylic acids is 1. The van der Waals surface area contributed by atoms with E-state index in [0.717, 1.165) is 0 Å². The first-order chi connectivity index (χ1) is 9.31. The molecular weight excluding hydrogens is 268 g/mol. The molecule has 0 aromatic carbocycles. The van der Waals surface area contributed by atoms with Crippen molar-refractivity contribution >= 4 is 12.0 Å². The zero-order valence-corrected chi connectivity index (χ0v) is 14.5. The first kappa shape index (κ1) is 19.7. The van der Waals surface area contributed by atoms with Gasteiger partial charge in [-0.2, -0.15) is 0 Å². The summed E-state index contributed by atoms with van der Waals surface area (Å²) in [5.41, 5.74) is 0.0885. The highest BCUT2D eigenvalue weighted by Gasteiger charge is 2.24. The minimum Gasteiger partial charge on any atom is -0.481 e. The van der Waals surface area contributed by atoms with Gasteiger partial charge in [0.05, 0.1) is 6.42 Å². The molecule has 2 amide bonds. The van der Waals surface area contributed by atoms with Crippen molar-refractivity contribution in [3.05, 3.63) is 0 Å². The molecule has 0 aliphatic heterocycles. The van der Waals surface area contributed by atoms with E-state index in [2.05, 4.69) is 38.3 Å². The standard InChI is InChI=1S/C16H32N2O3/c1-11(16(5,6)7)10-17-14(21)18-12(8-13(19)20)9-15(2,3)4/h11-12H,8-10H2,1-7H3,(H,19,20)(H2,17,18,21). The molecule has 2 unspecified atom stereocenters. The van der Waals surface area contributed by atoms with Crippen LogP contribution in [0.5, 0.6) is 0 Å². The normalized spacial score (nSPS) is 15.2. The van der Waals surface area contributed by atoms with E-state index in [9.17, 15) is 9.59 Å². The molecule has 0 heterocycles. The van der Waals surface area contributed by atoms with Crippen molar-refractivity contribution in [1.82, 2.24) is 10.6 Å². The Morgan fingerprint density at radius 3 is 2.00 bits per heavy atom. The van der Waals surface area contributed by atoms with Gasteiger partial charge in [0.25, 0.3) is 0 Å². The Morgan fingerprint density at radius 1 is 1.10 bits per heavy atom. The molecule has 0 aliphatic carbocycles. The lowest BCUT2D eigenvalue weighted by Crippen LogP contribution is -2.46. The van der Waals surface area contributed by atoms with E-state index in [1.807, 2.05) is 20.8 Å². The van der Waals surface area contributed by atoms with Gasteiger partial charge in [-0.1, -0.05) is 48.5 Å². The molecule has 5 nitrogen and oxygen atoms in total. The Bertz CT molecular complexity index is 354. The fraction of sp³-hybridized carbons (Fsp3) is 0.875. The van der Waals surface area contributed by atoms with E-state index >= 15 is 0 Å². The second-order valence-electron chi connectivity index (χ2n) is 8.18. The van der Waals surface area contributed by atoms with Gasteiger partial charge in [-0.3, -0.25) is 4.79 Å². The quantitative estimate of drug-likeness (QED) is 0.704. The highest BCUT2D eigenvalue weighted by molar-refractivity contribution is 5.75. The number of hydrogen-bond acceptors (Lipinski definition) is 2. The molecule has 0 aliphatic rings. The van der Waals surface area contributed by atoms with Crippen LogP contribution in [0, 0.1) is 16.7 Å². The lowest BCUT2D eigenvalue weighted by Gasteiger charge is -2.29. The molecule has 0 aromatic rings. The molecule has 124 valence electrons. The minimum absolute atomic E-state index is 0.0356. The summed E-state index contributed by atoms with van der Waals surface area (Å²) in [6, 6.07) is -0.644. The van der Waals surface area contributed by atoms with Crippen LogP contribution in [0.3, 0.4) is 0 Å². The number of carbonyl (C=O) groups excluding carboxylic acids is 1. The number of nitrogens with one attached hydrogen (secondary N) is 2. The molecule has 0 saturated heterocycles. The van der Waals surface area contributed by atoms with Gasteiger partial charge in [-0.15, -0.1) is 0 Å². The Labute approximate surface area is 128 Å². The summed E-state index contributed by atoms with van der Waals surface area (Å²) in [5, 5.41) is 14.6. The average Bonchev–Trinajstić information content (AvgIpc) is 2.20. The second kappa shape index (κ2) is 7.66. The van der Waals surface area contributed by atoms with Crippen LogP contribution in [0.15, 0.2) is 0 Å². The molecular formula is C16H32N2O3. The zero-order chi connectivity index (χ0) is 16.8. The summed E-state index contributed by atoms with van der Waals surface area (Å²) >= 11 is 0. The third kappa shape index (κ3) is 10.2. The average molecular weight is 300 g/mol. The van der Waals surface area contributed by atoms with Gasteiger partial charge in [0, 0.05) is 12.6 Å². The van der Waals surface area contributed by atoms with Crippen LogP contribution in [-0.4, -0.2) is 29.7 Å². The summed E-state index contributed by atoms with van der Waals surface area (Å²) in [6.07, 6.45) is 0.570. The Kier molecular flexibility index (Phi) is 7.20. The maximum atomic E-state index is 11.9. The van der Waals surface area contributed by atoms with Crippen LogP contribution in [0.4, 0.5) is 4.79 Å². The van der Waals surface area contributed by atoms with E-state index in [-0.39, 0.29) is 29.3 Å². The van der Waals surface area contributed by atoms with Crippen molar-refractivity contribution in [1.29, 1.82) is 0 Å². The van der Waals surface area contributed by atoms with Gasteiger partial charge in [0.2, 0.25) is 0 Å². The molecule has 5 heteroatoms. The van der Waals surface area contributed by atoms with Gasteiger partial charge in [0.1, 0.15) is 0 Å².